The molecule has 100 valence electrons. The van der Waals surface area contributed by atoms with Crippen LogP contribution in [0.25, 0.3) is 0 Å². The van der Waals surface area contributed by atoms with E-state index in [2.05, 4.69) is 15.6 Å². The number of hydrogen-bond donors (Lipinski definition) is 2. The fraction of sp³-hybridized carbons (Fsp3) is 0.500. The van der Waals surface area contributed by atoms with Gasteiger partial charge in [-0.1, -0.05) is 6.07 Å². The molecule has 1 heterocycles. The summed E-state index contributed by atoms with van der Waals surface area (Å²) >= 11 is 0. The molecule has 6 heteroatoms. The second-order valence-electron chi connectivity index (χ2n) is 3.97. The van der Waals surface area contributed by atoms with Crippen LogP contribution in [0, 0.1) is 0 Å². The van der Waals surface area contributed by atoms with Crippen LogP contribution in [-0.4, -0.2) is 50.2 Å². The highest BCUT2D eigenvalue weighted by molar-refractivity contribution is 5.73. The Morgan fingerprint density at radius 3 is 2.83 bits per heavy atom. The van der Waals surface area contributed by atoms with Crippen molar-refractivity contribution in [2.45, 2.75) is 6.54 Å². The second-order valence-corrected chi connectivity index (χ2v) is 3.97. The number of hydrogen-bond acceptors (Lipinski definition) is 4. The Bertz CT molecular complexity index is 382. The summed E-state index contributed by atoms with van der Waals surface area (Å²) in [6.07, 6.45) is 0. The molecule has 6 nitrogen and oxygen atoms in total. The summed E-state index contributed by atoms with van der Waals surface area (Å²) in [6, 6.07) is 5.54. The van der Waals surface area contributed by atoms with Gasteiger partial charge in [-0.05, 0) is 6.07 Å². The molecule has 0 aliphatic heterocycles. The maximum absolute atomic E-state index is 11.2. The van der Waals surface area contributed by atoms with E-state index in [4.69, 9.17) is 4.74 Å². The molecule has 0 saturated heterocycles. The van der Waals surface area contributed by atoms with Crippen LogP contribution in [0.15, 0.2) is 18.2 Å². The molecule has 0 aromatic carbocycles. The number of ether oxygens (including phenoxy) is 1. The average molecular weight is 252 g/mol. The molecule has 2 amide bonds. The molecule has 2 N–H and O–H groups in total. The smallest absolute Gasteiger partial charge is 0.316 e. The van der Waals surface area contributed by atoms with Crippen molar-refractivity contribution in [2.24, 2.45) is 0 Å². The number of carbonyl (C=O) groups excluding carboxylic acids is 1. The zero-order chi connectivity index (χ0) is 13.4. The van der Waals surface area contributed by atoms with Crippen LogP contribution in [0.5, 0.6) is 5.88 Å². The van der Waals surface area contributed by atoms with E-state index in [0.29, 0.717) is 25.5 Å². The third kappa shape index (κ3) is 5.01. The first-order valence-electron chi connectivity index (χ1n) is 5.79. The summed E-state index contributed by atoms with van der Waals surface area (Å²) < 4.78 is 5.04. The SMILES string of the molecule is COc1cccc(CNCCNC(=O)N(C)C)n1. The number of amides is 2. The minimum atomic E-state index is -0.0868. The fourth-order valence-electron chi connectivity index (χ4n) is 1.30. The molecule has 0 saturated carbocycles. The largest absolute Gasteiger partial charge is 0.481 e. The van der Waals surface area contributed by atoms with E-state index < -0.39 is 0 Å². The predicted octanol–water partition coefficient (Wildman–Crippen LogP) is 0.451. The molecular formula is C12H20N4O2. The molecule has 0 fully saturated rings. The first-order chi connectivity index (χ1) is 8.63. The quantitative estimate of drug-likeness (QED) is 0.721. The van der Waals surface area contributed by atoms with Crippen LogP contribution in [0.4, 0.5) is 4.79 Å². The van der Waals surface area contributed by atoms with Gasteiger partial charge < -0.3 is 20.3 Å². The average Bonchev–Trinajstić information content (AvgIpc) is 2.38. The Morgan fingerprint density at radius 1 is 1.39 bits per heavy atom. The van der Waals surface area contributed by atoms with Gasteiger partial charge >= 0.3 is 6.03 Å². The van der Waals surface area contributed by atoms with E-state index in [0.717, 1.165) is 5.69 Å². The van der Waals surface area contributed by atoms with E-state index in [1.54, 1.807) is 27.3 Å². The van der Waals surface area contributed by atoms with E-state index >= 15 is 0 Å². The Morgan fingerprint density at radius 2 is 2.17 bits per heavy atom. The lowest BCUT2D eigenvalue weighted by Crippen LogP contribution is -2.38. The van der Waals surface area contributed by atoms with Gasteiger partial charge in [0, 0.05) is 39.8 Å². The standard InChI is InChI=1S/C12H20N4O2/c1-16(2)12(17)14-8-7-13-9-10-5-4-6-11(15-10)18-3/h4-6,13H,7-9H2,1-3H3,(H,14,17). The summed E-state index contributed by atoms with van der Waals surface area (Å²) in [4.78, 5) is 17.0. The van der Waals surface area contributed by atoms with E-state index in [9.17, 15) is 4.79 Å². The van der Waals surface area contributed by atoms with Gasteiger partial charge in [-0.3, -0.25) is 0 Å². The highest BCUT2D eigenvalue weighted by atomic mass is 16.5. The molecule has 0 spiro atoms. The van der Waals surface area contributed by atoms with Crippen LogP contribution in [0.2, 0.25) is 0 Å². The first-order valence-corrected chi connectivity index (χ1v) is 5.79. The molecule has 18 heavy (non-hydrogen) atoms. The van der Waals surface area contributed by atoms with E-state index in [1.807, 2.05) is 12.1 Å². The van der Waals surface area contributed by atoms with Crippen LogP contribution < -0.4 is 15.4 Å². The van der Waals surface area contributed by atoms with Crippen molar-refractivity contribution in [1.82, 2.24) is 20.5 Å². The topological polar surface area (TPSA) is 66.5 Å². The van der Waals surface area contributed by atoms with Crippen molar-refractivity contribution in [1.29, 1.82) is 0 Å². The number of pyridine rings is 1. The van der Waals surface area contributed by atoms with Crippen molar-refractivity contribution in [3.8, 4) is 5.88 Å². The highest BCUT2D eigenvalue weighted by Crippen LogP contribution is 2.05. The van der Waals surface area contributed by atoms with E-state index in [1.165, 1.54) is 4.90 Å². The lowest BCUT2D eigenvalue weighted by atomic mass is 10.3. The molecule has 1 aromatic rings. The first kappa shape index (κ1) is 14.2. The molecular weight excluding hydrogens is 232 g/mol. The number of nitrogens with one attached hydrogen (secondary N) is 2. The lowest BCUT2D eigenvalue weighted by molar-refractivity contribution is 0.217. The Kier molecular flexibility index (Phi) is 5.93. The van der Waals surface area contributed by atoms with Gasteiger partial charge in [0.25, 0.3) is 0 Å². The molecule has 0 atom stereocenters. The maximum atomic E-state index is 11.2. The molecule has 0 aliphatic rings. The molecule has 1 rings (SSSR count). The van der Waals surface area contributed by atoms with E-state index in [-0.39, 0.29) is 6.03 Å². The lowest BCUT2D eigenvalue weighted by Gasteiger charge is -2.12. The minimum absolute atomic E-state index is 0.0868. The summed E-state index contributed by atoms with van der Waals surface area (Å²) in [6.45, 7) is 1.93. The molecule has 0 bridgehead atoms. The number of carbonyl (C=O) groups is 1. The highest BCUT2D eigenvalue weighted by Gasteiger charge is 2.01. The van der Waals surface area contributed by atoms with Crippen molar-refractivity contribution in [3.05, 3.63) is 23.9 Å². The van der Waals surface area contributed by atoms with Gasteiger partial charge in [0.15, 0.2) is 0 Å². The summed E-state index contributed by atoms with van der Waals surface area (Å²) in [5.41, 5.74) is 0.910. The van der Waals surface area contributed by atoms with Crippen LogP contribution in [0.1, 0.15) is 5.69 Å². The molecule has 0 unspecified atom stereocenters. The van der Waals surface area contributed by atoms with Crippen molar-refractivity contribution < 1.29 is 9.53 Å². The summed E-state index contributed by atoms with van der Waals surface area (Å²) in [5.74, 6) is 0.607. The summed E-state index contributed by atoms with van der Waals surface area (Å²) in [7, 11) is 5.02. The third-order valence-electron chi connectivity index (χ3n) is 2.28. The molecule has 0 aliphatic carbocycles. The number of urea groups is 1. The van der Waals surface area contributed by atoms with Crippen molar-refractivity contribution >= 4 is 6.03 Å². The third-order valence-corrected chi connectivity index (χ3v) is 2.28. The van der Waals surface area contributed by atoms with Gasteiger partial charge in [-0.25, -0.2) is 9.78 Å². The van der Waals surface area contributed by atoms with Gasteiger partial charge in [-0.15, -0.1) is 0 Å². The summed E-state index contributed by atoms with van der Waals surface area (Å²) in [5, 5.41) is 5.97. The van der Waals surface area contributed by atoms with Crippen molar-refractivity contribution in [3.63, 3.8) is 0 Å². The van der Waals surface area contributed by atoms with Crippen LogP contribution in [-0.2, 0) is 6.54 Å². The number of aromatic nitrogens is 1. The predicted molar refractivity (Wildman–Crippen MR) is 69.6 cm³/mol. The van der Waals surface area contributed by atoms with Gasteiger partial charge in [0.05, 0.1) is 12.8 Å². The number of methoxy groups -OCH3 is 1. The molecule has 0 radical (unpaired) electrons. The Hall–Kier alpha value is -1.82. The van der Waals surface area contributed by atoms with Gasteiger partial charge in [0.2, 0.25) is 5.88 Å². The zero-order valence-electron chi connectivity index (χ0n) is 11.1. The fourth-order valence-corrected chi connectivity index (χ4v) is 1.30. The number of nitrogens with zero attached hydrogens (tertiary/aromatic N) is 2. The van der Waals surface area contributed by atoms with Crippen LogP contribution >= 0.6 is 0 Å². The Labute approximate surface area is 107 Å². The van der Waals surface area contributed by atoms with Gasteiger partial charge in [-0.2, -0.15) is 0 Å². The van der Waals surface area contributed by atoms with Crippen molar-refractivity contribution in [2.75, 3.05) is 34.3 Å². The van der Waals surface area contributed by atoms with Gasteiger partial charge in [0.1, 0.15) is 0 Å². The second kappa shape index (κ2) is 7.50. The monoisotopic (exact) mass is 252 g/mol. The zero-order valence-corrected chi connectivity index (χ0v) is 11.1. The maximum Gasteiger partial charge on any atom is 0.316 e. The number of rotatable bonds is 6. The molecule has 1 aromatic heterocycles. The van der Waals surface area contributed by atoms with Crippen LogP contribution in [0.3, 0.4) is 0 Å². The normalized spacial score (nSPS) is 9.94. The Balaban J connectivity index is 2.19. The minimum Gasteiger partial charge on any atom is -0.481 e.